The number of piperidine rings is 1. The van der Waals surface area contributed by atoms with Gasteiger partial charge in [0.25, 0.3) is 0 Å². The molecule has 2 aromatic heterocycles. The van der Waals surface area contributed by atoms with Crippen molar-refractivity contribution >= 4 is 23.2 Å². The second kappa shape index (κ2) is 7.92. The third kappa shape index (κ3) is 3.83. The van der Waals surface area contributed by atoms with Crippen LogP contribution in [0.5, 0.6) is 0 Å². The van der Waals surface area contributed by atoms with E-state index in [1.54, 1.807) is 11.3 Å². The van der Waals surface area contributed by atoms with E-state index in [-0.39, 0.29) is 11.3 Å². The topological polar surface area (TPSA) is 58.1 Å². The van der Waals surface area contributed by atoms with Crippen LogP contribution >= 0.6 is 11.3 Å². The number of hydrogen-bond donors (Lipinski definition) is 1. The second-order valence-corrected chi connectivity index (χ2v) is 8.56. The Balaban J connectivity index is 1.31. The van der Waals surface area contributed by atoms with Crippen LogP contribution in [0.3, 0.4) is 0 Å². The second-order valence-electron chi connectivity index (χ2n) is 7.61. The van der Waals surface area contributed by atoms with Crippen molar-refractivity contribution in [3.8, 4) is 0 Å². The average molecular weight is 389 g/mol. The van der Waals surface area contributed by atoms with Gasteiger partial charge in [0.1, 0.15) is 0 Å². The van der Waals surface area contributed by atoms with E-state index >= 15 is 0 Å². The molecule has 0 unspecified atom stereocenters. The lowest BCUT2D eigenvalue weighted by atomic mass is 9.83. The third-order valence-electron chi connectivity index (χ3n) is 5.94. The van der Waals surface area contributed by atoms with Gasteiger partial charge in [0.15, 0.2) is 5.82 Å². The Kier molecular flexibility index (Phi) is 5.38. The number of nitrogens with one attached hydrogen (secondary N) is 1. The minimum atomic E-state index is -0.414. The van der Waals surface area contributed by atoms with Crippen molar-refractivity contribution < 1.29 is 9.18 Å². The minimum Gasteiger partial charge on any atom is -0.355 e. The zero-order chi connectivity index (χ0) is 18.7. The van der Waals surface area contributed by atoms with Crippen molar-refractivity contribution in [2.45, 2.75) is 43.9 Å². The Bertz CT molecular complexity index is 751. The lowest BCUT2D eigenvalue weighted by Crippen LogP contribution is -2.45. The van der Waals surface area contributed by atoms with Gasteiger partial charge >= 0.3 is 0 Å². The molecule has 3 heterocycles. The maximum absolute atomic E-state index is 13.1. The summed E-state index contributed by atoms with van der Waals surface area (Å²) in [7, 11) is 0. The fraction of sp³-hybridized carbons (Fsp3) is 0.550. The average Bonchev–Trinajstić information content (AvgIpc) is 3.39. The first kappa shape index (κ1) is 18.3. The first-order valence-electron chi connectivity index (χ1n) is 9.72. The molecule has 4 rings (SSSR count). The van der Waals surface area contributed by atoms with Gasteiger partial charge in [-0.3, -0.25) is 4.79 Å². The van der Waals surface area contributed by atoms with E-state index in [9.17, 15) is 9.18 Å². The number of amides is 1. The number of anilines is 1. The molecule has 27 heavy (non-hydrogen) atoms. The van der Waals surface area contributed by atoms with Gasteiger partial charge in [-0.2, -0.15) is 0 Å². The molecule has 7 heteroatoms. The van der Waals surface area contributed by atoms with Crippen molar-refractivity contribution in [2.24, 2.45) is 5.92 Å². The molecule has 144 valence electrons. The molecular weight excluding hydrogens is 363 g/mol. The van der Waals surface area contributed by atoms with E-state index in [1.807, 2.05) is 6.07 Å². The molecule has 1 saturated heterocycles. The number of nitrogens with zero attached hydrogens (tertiary/aromatic N) is 3. The quantitative estimate of drug-likeness (QED) is 0.851. The lowest BCUT2D eigenvalue weighted by molar-refractivity contribution is -0.126. The molecule has 5 nitrogen and oxygen atoms in total. The molecule has 1 N–H and O–H groups in total. The van der Waals surface area contributed by atoms with Crippen LogP contribution in [0.1, 0.15) is 43.4 Å². The fourth-order valence-corrected chi connectivity index (χ4v) is 5.31. The summed E-state index contributed by atoms with van der Waals surface area (Å²) in [5, 5.41) is 5.32. The summed E-state index contributed by atoms with van der Waals surface area (Å²) in [4.78, 5) is 24.5. The molecular formula is C20H25FN4OS. The van der Waals surface area contributed by atoms with Gasteiger partial charge in [-0.05, 0) is 43.0 Å². The van der Waals surface area contributed by atoms with Gasteiger partial charge in [-0.15, -0.1) is 11.3 Å². The maximum atomic E-state index is 13.1. The molecule has 0 radical (unpaired) electrons. The summed E-state index contributed by atoms with van der Waals surface area (Å²) < 4.78 is 13.0. The molecule has 1 aliphatic carbocycles. The van der Waals surface area contributed by atoms with Crippen LogP contribution in [0.4, 0.5) is 10.3 Å². The van der Waals surface area contributed by atoms with Gasteiger partial charge in [0.05, 0.1) is 17.8 Å². The zero-order valence-corrected chi connectivity index (χ0v) is 16.2. The monoisotopic (exact) mass is 388 g/mol. The van der Waals surface area contributed by atoms with Crippen molar-refractivity contribution in [1.82, 2.24) is 15.3 Å². The predicted octanol–water partition coefficient (Wildman–Crippen LogP) is 3.52. The van der Waals surface area contributed by atoms with Crippen LogP contribution in [-0.4, -0.2) is 35.5 Å². The Morgan fingerprint density at radius 2 is 1.96 bits per heavy atom. The Morgan fingerprint density at radius 3 is 2.59 bits per heavy atom. The van der Waals surface area contributed by atoms with Gasteiger partial charge < -0.3 is 10.2 Å². The van der Waals surface area contributed by atoms with Crippen molar-refractivity contribution in [2.75, 3.05) is 24.5 Å². The number of thiophene rings is 1. The molecule has 2 fully saturated rings. The highest BCUT2D eigenvalue weighted by Crippen LogP contribution is 2.43. The highest BCUT2D eigenvalue weighted by Gasteiger charge is 2.43. The van der Waals surface area contributed by atoms with Crippen LogP contribution in [0, 0.1) is 11.7 Å². The lowest BCUT2D eigenvalue weighted by Gasteiger charge is -2.33. The SMILES string of the molecule is O=C(NCC1CCN(c2ncc(F)cn2)CC1)C1(c2cccs2)CCCC1. The van der Waals surface area contributed by atoms with Crippen molar-refractivity contribution in [3.05, 3.63) is 40.6 Å². The molecule has 1 saturated carbocycles. The van der Waals surface area contributed by atoms with Gasteiger partial charge in [-0.1, -0.05) is 18.9 Å². The molecule has 1 aliphatic heterocycles. The molecule has 1 amide bonds. The van der Waals surface area contributed by atoms with Crippen LogP contribution < -0.4 is 10.2 Å². The van der Waals surface area contributed by atoms with Crippen LogP contribution in [0.25, 0.3) is 0 Å². The highest BCUT2D eigenvalue weighted by molar-refractivity contribution is 7.10. The smallest absolute Gasteiger partial charge is 0.231 e. The Labute approximate surface area is 163 Å². The largest absolute Gasteiger partial charge is 0.355 e. The number of halogens is 1. The van der Waals surface area contributed by atoms with E-state index < -0.39 is 5.82 Å². The van der Waals surface area contributed by atoms with E-state index in [0.29, 0.717) is 11.9 Å². The van der Waals surface area contributed by atoms with Crippen LogP contribution in [0.2, 0.25) is 0 Å². The molecule has 0 atom stereocenters. The molecule has 2 aromatic rings. The van der Waals surface area contributed by atoms with E-state index in [2.05, 4.69) is 31.6 Å². The van der Waals surface area contributed by atoms with Crippen LogP contribution in [-0.2, 0) is 10.2 Å². The third-order valence-corrected chi connectivity index (χ3v) is 7.01. The van der Waals surface area contributed by atoms with Crippen molar-refractivity contribution in [1.29, 1.82) is 0 Å². The summed E-state index contributed by atoms with van der Waals surface area (Å²) in [6.07, 6.45) is 8.54. The van der Waals surface area contributed by atoms with Gasteiger partial charge in [0, 0.05) is 24.5 Å². The Hall–Kier alpha value is -2.02. The van der Waals surface area contributed by atoms with E-state index in [1.165, 1.54) is 17.3 Å². The maximum Gasteiger partial charge on any atom is 0.231 e. The summed E-state index contributed by atoms with van der Waals surface area (Å²) in [6, 6.07) is 4.15. The molecule has 2 aliphatic rings. The van der Waals surface area contributed by atoms with Gasteiger partial charge in [-0.25, -0.2) is 14.4 Å². The molecule has 0 aromatic carbocycles. The first-order valence-corrected chi connectivity index (χ1v) is 10.6. The van der Waals surface area contributed by atoms with Crippen molar-refractivity contribution in [3.63, 3.8) is 0 Å². The summed E-state index contributed by atoms with van der Waals surface area (Å²) in [5.74, 6) is 0.837. The number of hydrogen-bond acceptors (Lipinski definition) is 5. The summed E-state index contributed by atoms with van der Waals surface area (Å²) >= 11 is 1.70. The number of carbonyl (C=O) groups is 1. The van der Waals surface area contributed by atoms with Gasteiger partial charge in [0.2, 0.25) is 11.9 Å². The highest BCUT2D eigenvalue weighted by atomic mass is 32.1. The zero-order valence-electron chi connectivity index (χ0n) is 15.4. The summed E-state index contributed by atoms with van der Waals surface area (Å²) in [6.45, 7) is 2.40. The predicted molar refractivity (Wildman–Crippen MR) is 104 cm³/mol. The molecule has 0 bridgehead atoms. The summed E-state index contributed by atoms with van der Waals surface area (Å²) in [5.41, 5.74) is -0.309. The minimum absolute atomic E-state index is 0.201. The standard InChI is InChI=1S/C20H25FN4OS/c21-16-13-23-19(24-14-16)25-9-5-15(6-10-25)12-22-18(26)20(7-1-2-8-20)17-4-3-11-27-17/h3-4,11,13-15H,1-2,5-10,12H2,(H,22,26). The van der Waals surface area contributed by atoms with E-state index in [0.717, 1.165) is 58.2 Å². The molecule has 0 spiro atoms. The number of aromatic nitrogens is 2. The normalized spacial score (nSPS) is 20.0. The van der Waals surface area contributed by atoms with E-state index in [4.69, 9.17) is 0 Å². The first-order chi connectivity index (χ1) is 13.2. The number of carbonyl (C=O) groups excluding carboxylic acids is 1. The number of rotatable bonds is 5. The van der Waals surface area contributed by atoms with Crippen LogP contribution in [0.15, 0.2) is 29.9 Å². The fourth-order valence-electron chi connectivity index (χ4n) is 4.33. The Morgan fingerprint density at radius 1 is 1.26 bits per heavy atom.